The van der Waals surface area contributed by atoms with Crippen molar-refractivity contribution in [2.75, 3.05) is 40.8 Å². The first-order valence-corrected chi connectivity index (χ1v) is 6.22. The van der Waals surface area contributed by atoms with Crippen molar-refractivity contribution in [3.63, 3.8) is 0 Å². The van der Waals surface area contributed by atoms with E-state index in [2.05, 4.69) is 34.4 Å². The summed E-state index contributed by atoms with van der Waals surface area (Å²) >= 11 is 0. The summed E-state index contributed by atoms with van der Waals surface area (Å²) in [6.07, 6.45) is -5.01. The van der Waals surface area contributed by atoms with Gasteiger partial charge in [-0.25, -0.2) is 0 Å². The van der Waals surface area contributed by atoms with Crippen LogP contribution in [0.5, 0.6) is 0 Å². The number of hydrogen-bond acceptors (Lipinski definition) is 2. The van der Waals surface area contributed by atoms with Crippen LogP contribution < -0.4 is 10.6 Å². The molecule has 0 saturated heterocycles. The molecular formula is C12H25F3N4. The maximum atomic E-state index is 12.0. The third-order valence-electron chi connectivity index (χ3n) is 2.40. The lowest BCUT2D eigenvalue weighted by Crippen LogP contribution is -2.45. The molecule has 0 amide bonds. The van der Waals surface area contributed by atoms with Crippen LogP contribution >= 0.6 is 0 Å². The molecule has 0 bridgehead atoms. The molecule has 0 aliphatic carbocycles. The Labute approximate surface area is 113 Å². The summed E-state index contributed by atoms with van der Waals surface area (Å²) < 4.78 is 36.1. The first-order valence-electron chi connectivity index (χ1n) is 6.22. The van der Waals surface area contributed by atoms with Gasteiger partial charge in [0.25, 0.3) is 0 Å². The molecule has 0 atom stereocenters. The second-order valence-corrected chi connectivity index (χ2v) is 5.62. The lowest BCUT2D eigenvalue weighted by atomic mass is 9.93. The van der Waals surface area contributed by atoms with Crippen LogP contribution in [0.4, 0.5) is 13.2 Å². The lowest BCUT2D eigenvalue weighted by molar-refractivity contribution is -0.132. The fourth-order valence-corrected chi connectivity index (χ4v) is 1.78. The van der Waals surface area contributed by atoms with Gasteiger partial charge in [-0.2, -0.15) is 13.2 Å². The molecule has 0 heterocycles. The van der Waals surface area contributed by atoms with Crippen LogP contribution in [0.15, 0.2) is 4.99 Å². The van der Waals surface area contributed by atoms with Crippen molar-refractivity contribution in [1.82, 2.24) is 15.5 Å². The Bertz CT molecular complexity index is 285. The average molecular weight is 282 g/mol. The topological polar surface area (TPSA) is 39.7 Å². The lowest BCUT2D eigenvalue weighted by Gasteiger charge is -2.29. The van der Waals surface area contributed by atoms with Gasteiger partial charge in [0.1, 0.15) is 0 Å². The summed E-state index contributed by atoms with van der Waals surface area (Å²) in [5.41, 5.74) is 0.00511. The molecule has 4 nitrogen and oxygen atoms in total. The second kappa shape index (κ2) is 7.57. The molecule has 0 saturated carbocycles. The zero-order chi connectivity index (χ0) is 15.1. The van der Waals surface area contributed by atoms with E-state index in [1.54, 1.807) is 7.05 Å². The minimum Gasteiger partial charge on any atom is -0.356 e. The maximum absolute atomic E-state index is 12.0. The first-order chi connectivity index (χ1) is 8.56. The van der Waals surface area contributed by atoms with Crippen LogP contribution in [-0.4, -0.2) is 57.8 Å². The van der Waals surface area contributed by atoms with Crippen molar-refractivity contribution in [3.05, 3.63) is 0 Å². The molecule has 114 valence electrons. The fraction of sp³-hybridized carbons (Fsp3) is 0.917. The molecule has 0 unspecified atom stereocenters. The van der Waals surface area contributed by atoms with Crippen molar-refractivity contribution < 1.29 is 13.2 Å². The van der Waals surface area contributed by atoms with Crippen LogP contribution in [0.25, 0.3) is 0 Å². The van der Waals surface area contributed by atoms with Crippen LogP contribution in [0.3, 0.4) is 0 Å². The van der Waals surface area contributed by atoms with Gasteiger partial charge >= 0.3 is 6.18 Å². The Balaban J connectivity index is 4.08. The summed E-state index contributed by atoms with van der Waals surface area (Å²) in [4.78, 5) is 5.97. The fourth-order valence-electron chi connectivity index (χ4n) is 1.78. The number of nitrogens with zero attached hydrogens (tertiary/aromatic N) is 2. The molecule has 0 aromatic rings. The molecule has 19 heavy (non-hydrogen) atoms. The monoisotopic (exact) mass is 282 g/mol. The number of rotatable bonds is 6. The third kappa shape index (κ3) is 10.6. The minimum atomic E-state index is -4.14. The predicted molar refractivity (Wildman–Crippen MR) is 72.4 cm³/mol. The number of guanidine groups is 1. The average Bonchev–Trinajstić information content (AvgIpc) is 2.19. The van der Waals surface area contributed by atoms with Crippen LogP contribution in [-0.2, 0) is 0 Å². The van der Waals surface area contributed by atoms with Crippen LogP contribution in [0.2, 0.25) is 0 Å². The van der Waals surface area contributed by atoms with Gasteiger partial charge in [0.15, 0.2) is 5.96 Å². The largest absolute Gasteiger partial charge is 0.390 e. The molecule has 0 rings (SSSR count). The van der Waals surface area contributed by atoms with Gasteiger partial charge in [-0.1, -0.05) is 13.8 Å². The van der Waals surface area contributed by atoms with E-state index in [-0.39, 0.29) is 12.0 Å². The Morgan fingerprint density at radius 1 is 1.16 bits per heavy atom. The smallest absolute Gasteiger partial charge is 0.356 e. The van der Waals surface area contributed by atoms with Crippen LogP contribution in [0.1, 0.15) is 20.3 Å². The Kier molecular flexibility index (Phi) is 7.18. The van der Waals surface area contributed by atoms with Crippen molar-refractivity contribution in [3.8, 4) is 0 Å². The molecule has 0 radical (unpaired) electrons. The number of halogens is 3. The highest BCUT2D eigenvalue weighted by Gasteiger charge is 2.26. The van der Waals surface area contributed by atoms with E-state index in [4.69, 9.17) is 0 Å². The van der Waals surface area contributed by atoms with Gasteiger partial charge in [-0.05, 0) is 19.5 Å². The summed E-state index contributed by atoms with van der Waals surface area (Å²) in [5.74, 6) is 0.399. The molecule has 0 aromatic heterocycles. The number of hydrogen-bond donors (Lipinski definition) is 2. The van der Waals surface area contributed by atoms with Gasteiger partial charge in [-0.15, -0.1) is 0 Å². The number of alkyl halides is 3. The molecule has 2 N–H and O–H groups in total. The van der Waals surface area contributed by atoms with Gasteiger partial charge in [0, 0.05) is 26.7 Å². The highest BCUT2D eigenvalue weighted by atomic mass is 19.4. The highest BCUT2D eigenvalue weighted by molar-refractivity contribution is 5.79. The predicted octanol–water partition coefficient (Wildman–Crippen LogP) is 1.69. The zero-order valence-electron chi connectivity index (χ0n) is 12.4. The van der Waals surface area contributed by atoms with E-state index >= 15 is 0 Å². The molecule has 7 heteroatoms. The van der Waals surface area contributed by atoms with Crippen LogP contribution in [0, 0.1) is 5.41 Å². The van der Waals surface area contributed by atoms with Gasteiger partial charge in [0.2, 0.25) is 0 Å². The standard InChI is InChI=1S/C12H25F3N4/c1-11(2,9-19(4)5)8-18-10(16-3)17-7-6-12(13,14)15/h6-9H2,1-5H3,(H2,16,17,18). The van der Waals surface area contributed by atoms with E-state index in [0.717, 1.165) is 6.54 Å². The minimum absolute atomic E-state index is 0.00511. The van der Waals surface area contributed by atoms with Crippen molar-refractivity contribution >= 4 is 5.96 Å². The number of nitrogens with one attached hydrogen (secondary N) is 2. The molecule has 0 fully saturated rings. The Morgan fingerprint density at radius 2 is 1.74 bits per heavy atom. The Morgan fingerprint density at radius 3 is 2.16 bits per heavy atom. The van der Waals surface area contributed by atoms with E-state index in [1.165, 1.54) is 0 Å². The molecule has 0 aromatic carbocycles. The van der Waals surface area contributed by atoms with Gasteiger partial charge in [-0.3, -0.25) is 4.99 Å². The van der Waals surface area contributed by atoms with Gasteiger partial charge < -0.3 is 15.5 Å². The normalized spacial score (nSPS) is 13.8. The highest BCUT2D eigenvalue weighted by Crippen LogP contribution is 2.18. The van der Waals surface area contributed by atoms with Crippen molar-refractivity contribution in [1.29, 1.82) is 0 Å². The summed E-state index contributed by atoms with van der Waals surface area (Å²) in [5, 5.41) is 5.70. The van der Waals surface area contributed by atoms with E-state index in [1.807, 2.05) is 14.1 Å². The molecule has 0 aliphatic rings. The van der Waals surface area contributed by atoms with Crippen molar-refractivity contribution in [2.24, 2.45) is 10.4 Å². The summed E-state index contributed by atoms with van der Waals surface area (Å²) in [6, 6.07) is 0. The summed E-state index contributed by atoms with van der Waals surface area (Å²) in [6.45, 7) is 5.51. The maximum Gasteiger partial charge on any atom is 0.390 e. The summed E-state index contributed by atoms with van der Waals surface area (Å²) in [7, 11) is 5.51. The SMILES string of the molecule is CN=C(NCCC(F)(F)F)NCC(C)(C)CN(C)C. The van der Waals surface area contributed by atoms with E-state index < -0.39 is 12.6 Å². The Hall–Kier alpha value is -0.980. The van der Waals surface area contributed by atoms with Gasteiger partial charge in [0.05, 0.1) is 6.42 Å². The van der Waals surface area contributed by atoms with E-state index in [9.17, 15) is 13.2 Å². The first kappa shape index (κ1) is 18.0. The quantitative estimate of drug-likeness (QED) is 0.575. The van der Waals surface area contributed by atoms with E-state index in [0.29, 0.717) is 12.5 Å². The third-order valence-corrected chi connectivity index (χ3v) is 2.40. The number of aliphatic imine (C=N–C) groups is 1. The van der Waals surface area contributed by atoms with Crippen molar-refractivity contribution in [2.45, 2.75) is 26.4 Å². The molecule has 0 spiro atoms. The zero-order valence-corrected chi connectivity index (χ0v) is 12.4. The molecule has 0 aliphatic heterocycles. The molecular weight excluding hydrogens is 257 g/mol. The second-order valence-electron chi connectivity index (χ2n) is 5.62.